The molecule has 0 aromatic heterocycles. The maximum absolute atomic E-state index is 13.1. The van der Waals surface area contributed by atoms with Gasteiger partial charge in [0.1, 0.15) is 5.75 Å². The first-order valence-electron chi connectivity index (χ1n) is 10.0. The van der Waals surface area contributed by atoms with Crippen LogP contribution in [0.1, 0.15) is 5.56 Å². The van der Waals surface area contributed by atoms with Gasteiger partial charge in [-0.05, 0) is 29.8 Å². The van der Waals surface area contributed by atoms with Crippen LogP contribution >= 0.6 is 0 Å². The van der Waals surface area contributed by atoms with Gasteiger partial charge in [0.15, 0.2) is 5.84 Å². The van der Waals surface area contributed by atoms with E-state index in [1.807, 2.05) is 24.3 Å². The van der Waals surface area contributed by atoms with Gasteiger partial charge in [-0.1, -0.05) is 12.1 Å². The summed E-state index contributed by atoms with van der Waals surface area (Å²) in [6.45, 7) is 1.88. The highest BCUT2D eigenvalue weighted by molar-refractivity contribution is 7.90. The van der Waals surface area contributed by atoms with Crippen LogP contribution in [0.4, 0.5) is 0 Å². The molecule has 0 saturated carbocycles. The number of amides is 2. The molecule has 3 aliphatic rings. The molecule has 10 heteroatoms. The van der Waals surface area contributed by atoms with Gasteiger partial charge in [-0.15, -0.1) is 4.40 Å². The molecular weight excluding hydrogens is 420 g/mol. The Bertz CT molecular complexity index is 1080. The van der Waals surface area contributed by atoms with Gasteiger partial charge in [-0.2, -0.15) is 0 Å². The van der Waals surface area contributed by atoms with Crippen LogP contribution in [0.25, 0.3) is 0 Å². The van der Waals surface area contributed by atoms with Crippen LogP contribution in [0.2, 0.25) is 0 Å². The largest absolute Gasteiger partial charge is 0.497 e. The fraction of sp³-hybridized carbons (Fsp3) is 0.381. The van der Waals surface area contributed by atoms with Crippen LogP contribution < -0.4 is 4.74 Å². The highest BCUT2D eigenvalue weighted by Crippen LogP contribution is 2.20. The molecule has 3 aliphatic heterocycles. The Morgan fingerprint density at radius 2 is 1.84 bits per heavy atom. The number of sulfonamides is 1. The van der Waals surface area contributed by atoms with Gasteiger partial charge in [0, 0.05) is 38.9 Å². The average Bonchev–Trinajstić information content (AvgIpc) is 2.78. The fourth-order valence-electron chi connectivity index (χ4n) is 3.78. The summed E-state index contributed by atoms with van der Waals surface area (Å²) in [6.07, 6.45) is 5.31. The van der Waals surface area contributed by atoms with E-state index in [-0.39, 0.29) is 41.9 Å². The second-order valence-corrected chi connectivity index (χ2v) is 9.27. The molecule has 0 aliphatic carbocycles. The van der Waals surface area contributed by atoms with E-state index in [0.29, 0.717) is 31.9 Å². The molecule has 0 unspecified atom stereocenters. The van der Waals surface area contributed by atoms with Crippen molar-refractivity contribution in [2.75, 3.05) is 45.6 Å². The number of carbonyl (C=O) groups is 2. The molecule has 9 nitrogen and oxygen atoms in total. The van der Waals surface area contributed by atoms with E-state index in [2.05, 4.69) is 4.40 Å². The lowest BCUT2D eigenvalue weighted by Crippen LogP contribution is -2.52. The predicted molar refractivity (Wildman–Crippen MR) is 115 cm³/mol. The van der Waals surface area contributed by atoms with Crippen molar-refractivity contribution in [1.82, 2.24) is 14.7 Å². The zero-order valence-corrected chi connectivity index (χ0v) is 18.0. The van der Waals surface area contributed by atoms with Crippen LogP contribution in [-0.4, -0.2) is 86.4 Å². The summed E-state index contributed by atoms with van der Waals surface area (Å²) in [4.78, 5) is 30.8. The summed E-state index contributed by atoms with van der Waals surface area (Å²) in [5, 5.41) is 0. The monoisotopic (exact) mass is 444 g/mol. The SMILES string of the molecule is COc1cccc(CC(=O)N2CCN(C(=O)C3=CC=CN4CCS(=O)(=O)N=C34)CC2)c1. The summed E-state index contributed by atoms with van der Waals surface area (Å²) < 4.78 is 32.8. The minimum absolute atomic E-state index is 0.00547. The second kappa shape index (κ2) is 8.54. The highest BCUT2D eigenvalue weighted by Gasteiger charge is 2.33. The number of amidine groups is 1. The van der Waals surface area contributed by atoms with E-state index in [1.165, 1.54) is 0 Å². The van der Waals surface area contributed by atoms with Gasteiger partial charge in [0.25, 0.3) is 15.9 Å². The molecule has 0 atom stereocenters. The van der Waals surface area contributed by atoms with Crippen molar-refractivity contribution in [2.24, 2.45) is 4.40 Å². The molecule has 4 rings (SSSR count). The predicted octanol–water partition coefficient (Wildman–Crippen LogP) is 0.406. The Morgan fingerprint density at radius 3 is 2.58 bits per heavy atom. The third-order valence-corrected chi connectivity index (χ3v) is 6.65. The molecule has 0 radical (unpaired) electrons. The number of piperazine rings is 1. The van der Waals surface area contributed by atoms with Crippen molar-refractivity contribution < 1.29 is 22.7 Å². The summed E-state index contributed by atoms with van der Waals surface area (Å²) in [5.74, 6) is 0.530. The number of carbonyl (C=O) groups excluding carboxylic acids is 2. The van der Waals surface area contributed by atoms with E-state index >= 15 is 0 Å². The number of nitrogens with zero attached hydrogens (tertiary/aromatic N) is 4. The van der Waals surface area contributed by atoms with Gasteiger partial charge in [0.05, 0.1) is 24.9 Å². The zero-order valence-electron chi connectivity index (χ0n) is 17.2. The molecule has 1 aromatic rings. The van der Waals surface area contributed by atoms with Gasteiger partial charge in [0.2, 0.25) is 5.91 Å². The zero-order chi connectivity index (χ0) is 22.0. The maximum Gasteiger partial charge on any atom is 0.257 e. The number of rotatable bonds is 4. The van der Waals surface area contributed by atoms with Gasteiger partial charge >= 0.3 is 0 Å². The van der Waals surface area contributed by atoms with Crippen molar-refractivity contribution in [2.45, 2.75) is 6.42 Å². The first-order chi connectivity index (χ1) is 14.9. The second-order valence-electron chi connectivity index (χ2n) is 7.52. The number of benzene rings is 1. The van der Waals surface area contributed by atoms with Gasteiger partial charge in [-0.25, -0.2) is 8.42 Å². The Hall–Kier alpha value is -3.14. The highest BCUT2D eigenvalue weighted by atomic mass is 32.2. The molecule has 1 saturated heterocycles. The van der Waals surface area contributed by atoms with Crippen LogP contribution in [0, 0.1) is 0 Å². The standard InChI is InChI=1S/C21H24N4O5S/c1-30-17-5-2-4-16(14-17)15-19(26)23-8-10-25(11-9-23)21(27)18-6-3-7-24-12-13-31(28,29)22-20(18)24/h2-7,14H,8-13,15H2,1H3. The fourth-order valence-corrected chi connectivity index (χ4v) is 4.77. The lowest BCUT2D eigenvalue weighted by atomic mass is 10.1. The molecule has 0 N–H and O–H groups in total. The number of methoxy groups -OCH3 is 1. The molecule has 2 amide bonds. The molecule has 0 bridgehead atoms. The van der Waals surface area contributed by atoms with Crippen LogP contribution in [0.5, 0.6) is 5.75 Å². The quantitative estimate of drug-likeness (QED) is 0.667. The average molecular weight is 445 g/mol. The van der Waals surface area contributed by atoms with E-state index < -0.39 is 10.0 Å². The minimum Gasteiger partial charge on any atom is -0.497 e. The van der Waals surface area contributed by atoms with E-state index in [9.17, 15) is 18.0 Å². The minimum atomic E-state index is -3.57. The van der Waals surface area contributed by atoms with Crippen molar-refractivity contribution >= 4 is 27.7 Å². The van der Waals surface area contributed by atoms with Crippen molar-refractivity contribution in [3.8, 4) is 5.75 Å². The molecule has 1 aromatic carbocycles. The molecule has 31 heavy (non-hydrogen) atoms. The van der Waals surface area contributed by atoms with E-state index in [0.717, 1.165) is 5.56 Å². The van der Waals surface area contributed by atoms with E-state index in [1.54, 1.807) is 40.2 Å². The number of hydrogen-bond donors (Lipinski definition) is 0. The van der Waals surface area contributed by atoms with Crippen LogP contribution in [0.15, 0.2) is 52.6 Å². The normalized spacial score (nSPS) is 20.0. The number of hydrogen-bond acceptors (Lipinski definition) is 6. The van der Waals surface area contributed by atoms with Crippen molar-refractivity contribution in [3.05, 3.63) is 53.8 Å². The summed E-state index contributed by atoms with van der Waals surface area (Å²) in [5.41, 5.74) is 1.14. The van der Waals surface area contributed by atoms with Gasteiger partial charge in [-0.3, -0.25) is 9.59 Å². The smallest absolute Gasteiger partial charge is 0.257 e. The Labute approximate surface area is 181 Å². The lowest BCUT2D eigenvalue weighted by molar-refractivity contribution is -0.137. The van der Waals surface area contributed by atoms with Gasteiger partial charge < -0.3 is 19.4 Å². The number of fused-ring (bicyclic) bond motifs is 1. The van der Waals surface area contributed by atoms with Crippen LogP contribution in [0.3, 0.4) is 0 Å². The molecule has 164 valence electrons. The first kappa shape index (κ1) is 21.1. The molecule has 3 heterocycles. The molecular formula is C21H24N4O5S. The maximum atomic E-state index is 13.1. The summed E-state index contributed by atoms with van der Waals surface area (Å²) >= 11 is 0. The van der Waals surface area contributed by atoms with Crippen molar-refractivity contribution in [1.29, 1.82) is 0 Å². The summed E-state index contributed by atoms with van der Waals surface area (Å²) in [6, 6.07) is 7.40. The van der Waals surface area contributed by atoms with E-state index in [4.69, 9.17) is 4.74 Å². The topological polar surface area (TPSA) is 99.6 Å². The number of allylic oxidation sites excluding steroid dienone is 2. The third kappa shape index (κ3) is 4.63. The molecule has 0 spiro atoms. The Kier molecular flexibility index (Phi) is 5.81. The van der Waals surface area contributed by atoms with Crippen molar-refractivity contribution in [3.63, 3.8) is 0 Å². The first-order valence-corrected chi connectivity index (χ1v) is 11.7. The lowest BCUT2D eigenvalue weighted by Gasteiger charge is -2.36. The molecule has 1 fully saturated rings. The Morgan fingerprint density at radius 1 is 1.10 bits per heavy atom. The number of ether oxygens (including phenoxy) is 1. The van der Waals surface area contributed by atoms with Crippen LogP contribution in [-0.2, 0) is 26.0 Å². The summed E-state index contributed by atoms with van der Waals surface area (Å²) in [7, 11) is -1.98. The third-order valence-electron chi connectivity index (χ3n) is 5.50. The Balaban J connectivity index is 1.39.